The number of aromatic nitrogens is 3. The molecule has 7 heteroatoms. The van der Waals surface area contributed by atoms with Crippen molar-refractivity contribution in [2.24, 2.45) is 5.92 Å². The molecule has 0 bridgehead atoms. The van der Waals surface area contributed by atoms with Gasteiger partial charge in [0.15, 0.2) is 5.82 Å². The van der Waals surface area contributed by atoms with Crippen LogP contribution in [0.1, 0.15) is 12.0 Å². The van der Waals surface area contributed by atoms with E-state index in [2.05, 4.69) is 15.4 Å². The molecule has 0 unspecified atom stereocenters. The van der Waals surface area contributed by atoms with Crippen LogP contribution in [-0.4, -0.2) is 33.1 Å². The van der Waals surface area contributed by atoms with Gasteiger partial charge in [0.05, 0.1) is 5.92 Å². The molecule has 2 aromatic heterocycles. The van der Waals surface area contributed by atoms with Crippen molar-refractivity contribution in [3.8, 4) is 0 Å². The maximum Gasteiger partial charge on any atom is 0.231 e. The van der Waals surface area contributed by atoms with Crippen LogP contribution in [0.4, 0.5) is 11.5 Å². The number of pyridine rings is 1. The molecule has 1 N–H and O–H groups in total. The molecule has 3 heterocycles. The van der Waals surface area contributed by atoms with Gasteiger partial charge in [-0.05, 0) is 36.2 Å². The van der Waals surface area contributed by atoms with Crippen LogP contribution in [-0.2, 0) is 22.6 Å². The number of hydrogen-bond donors (Lipinski definition) is 1. The number of carbonyl (C=O) groups excluding carboxylic acids is 2. The van der Waals surface area contributed by atoms with Crippen LogP contribution in [0.15, 0.2) is 67.1 Å². The Hall–Kier alpha value is -3.48. The zero-order valence-corrected chi connectivity index (χ0v) is 15.4. The monoisotopic (exact) mass is 375 g/mol. The van der Waals surface area contributed by atoms with Crippen LogP contribution in [0.3, 0.4) is 0 Å². The van der Waals surface area contributed by atoms with Crippen molar-refractivity contribution >= 4 is 23.3 Å². The predicted octanol–water partition coefficient (Wildman–Crippen LogP) is 2.51. The van der Waals surface area contributed by atoms with E-state index in [9.17, 15) is 9.59 Å². The maximum atomic E-state index is 12.6. The van der Waals surface area contributed by atoms with Gasteiger partial charge in [0.1, 0.15) is 0 Å². The van der Waals surface area contributed by atoms with Crippen LogP contribution in [0.25, 0.3) is 0 Å². The van der Waals surface area contributed by atoms with Crippen molar-refractivity contribution in [1.29, 1.82) is 0 Å². The van der Waals surface area contributed by atoms with Crippen molar-refractivity contribution in [2.75, 3.05) is 16.8 Å². The molecule has 1 aliphatic rings. The third-order valence-electron chi connectivity index (χ3n) is 4.83. The van der Waals surface area contributed by atoms with Gasteiger partial charge >= 0.3 is 0 Å². The second-order valence-corrected chi connectivity index (χ2v) is 6.80. The molecular weight excluding hydrogens is 354 g/mol. The summed E-state index contributed by atoms with van der Waals surface area (Å²) < 4.78 is 1.80. The predicted molar refractivity (Wildman–Crippen MR) is 106 cm³/mol. The first kappa shape index (κ1) is 17.9. The molecule has 1 aromatic carbocycles. The Balaban J connectivity index is 1.33. The van der Waals surface area contributed by atoms with E-state index in [4.69, 9.17) is 0 Å². The van der Waals surface area contributed by atoms with Crippen molar-refractivity contribution in [3.63, 3.8) is 0 Å². The fourth-order valence-corrected chi connectivity index (χ4v) is 3.31. The van der Waals surface area contributed by atoms with E-state index in [1.165, 1.54) is 5.56 Å². The molecule has 4 rings (SSSR count). The first-order valence-electron chi connectivity index (χ1n) is 9.28. The van der Waals surface area contributed by atoms with E-state index in [0.717, 1.165) is 12.1 Å². The van der Waals surface area contributed by atoms with Gasteiger partial charge in [0.25, 0.3) is 0 Å². The van der Waals surface area contributed by atoms with Gasteiger partial charge in [-0.3, -0.25) is 19.3 Å². The van der Waals surface area contributed by atoms with E-state index in [-0.39, 0.29) is 24.2 Å². The zero-order chi connectivity index (χ0) is 19.3. The highest BCUT2D eigenvalue weighted by Crippen LogP contribution is 2.25. The Morgan fingerprint density at radius 2 is 1.89 bits per heavy atom. The van der Waals surface area contributed by atoms with Crippen molar-refractivity contribution in [2.45, 2.75) is 19.4 Å². The van der Waals surface area contributed by atoms with E-state index < -0.39 is 0 Å². The van der Waals surface area contributed by atoms with E-state index >= 15 is 0 Å². The number of para-hydroxylation sites is 1. The number of anilines is 2. The molecule has 2 amide bonds. The largest absolute Gasteiger partial charge is 0.312 e. The molecule has 1 fully saturated rings. The first-order valence-corrected chi connectivity index (χ1v) is 9.28. The van der Waals surface area contributed by atoms with Gasteiger partial charge in [0, 0.05) is 49.9 Å². The highest BCUT2D eigenvalue weighted by molar-refractivity contribution is 6.03. The number of carbonyl (C=O) groups is 2. The minimum Gasteiger partial charge on any atom is -0.312 e. The smallest absolute Gasteiger partial charge is 0.231 e. The lowest BCUT2D eigenvalue weighted by atomic mass is 10.1. The Morgan fingerprint density at radius 1 is 1.11 bits per heavy atom. The van der Waals surface area contributed by atoms with Gasteiger partial charge in [-0.2, -0.15) is 5.10 Å². The molecule has 0 spiro atoms. The highest BCUT2D eigenvalue weighted by Gasteiger charge is 2.35. The van der Waals surface area contributed by atoms with Crippen LogP contribution in [0.2, 0.25) is 0 Å². The number of nitrogens with one attached hydrogen (secondary N) is 1. The summed E-state index contributed by atoms with van der Waals surface area (Å²) in [6.07, 6.45) is 6.43. The lowest BCUT2D eigenvalue weighted by Gasteiger charge is -2.16. The number of nitrogens with zero attached hydrogens (tertiary/aromatic N) is 4. The summed E-state index contributed by atoms with van der Waals surface area (Å²) in [5.74, 6) is -0.0830. The summed E-state index contributed by atoms with van der Waals surface area (Å²) in [7, 11) is 0. The van der Waals surface area contributed by atoms with Gasteiger partial charge in [-0.15, -0.1) is 0 Å². The van der Waals surface area contributed by atoms with Crippen molar-refractivity contribution in [1.82, 2.24) is 14.8 Å². The van der Waals surface area contributed by atoms with Crippen LogP contribution < -0.4 is 10.2 Å². The first-order chi connectivity index (χ1) is 13.7. The Labute approximate surface area is 163 Å². The maximum absolute atomic E-state index is 12.6. The number of amides is 2. The number of benzene rings is 1. The molecule has 142 valence electrons. The summed E-state index contributed by atoms with van der Waals surface area (Å²) in [5.41, 5.74) is 2.00. The average molecular weight is 375 g/mol. The molecule has 0 radical (unpaired) electrons. The summed E-state index contributed by atoms with van der Waals surface area (Å²) >= 11 is 0. The lowest BCUT2D eigenvalue weighted by Crippen LogP contribution is -2.28. The van der Waals surface area contributed by atoms with E-state index in [1.54, 1.807) is 28.0 Å². The van der Waals surface area contributed by atoms with Gasteiger partial charge in [-0.25, -0.2) is 0 Å². The van der Waals surface area contributed by atoms with Crippen LogP contribution in [0.5, 0.6) is 0 Å². The zero-order valence-electron chi connectivity index (χ0n) is 15.4. The van der Waals surface area contributed by atoms with Gasteiger partial charge in [-0.1, -0.05) is 18.2 Å². The quantitative estimate of drug-likeness (QED) is 0.718. The normalized spacial score (nSPS) is 16.4. The van der Waals surface area contributed by atoms with Crippen molar-refractivity contribution < 1.29 is 9.59 Å². The number of rotatable bonds is 6. The standard InChI is InChI=1S/C21H21N5O2/c27-20-14-17(15-26(20)18-4-2-1-3-5-18)21(28)23-19-9-13-25(24-19)12-8-16-6-10-22-11-7-16/h1-7,9-11,13,17H,8,12,14-15H2,(H,23,24,28)/t17-/m1/s1. The third-order valence-corrected chi connectivity index (χ3v) is 4.83. The highest BCUT2D eigenvalue weighted by atomic mass is 16.2. The molecule has 0 aliphatic carbocycles. The summed E-state index contributed by atoms with van der Waals surface area (Å²) in [4.78, 5) is 30.5. The molecule has 1 aliphatic heterocycles. The molecular formula is C21H21N5O2. The minimum absolute atomic E-state index is 0.0331. The summed E-state index contributed by atoms with van der Waals surface area (Å²) in [6, 6.07) is 15.1. The van der Waals surface area contributed by atoms with Gasteiger partial charge in [0.2, 0.25) is 11.8 Å². The summed E-state index contributed by atoms with van der Waals surface area (Å²) in [5, 5.41) is 7.24. The third kappa shape index (κ3) is 4.09. The van der Waals surface area contributed by atoms with Crippen molar-refractivity contribution in [3.05, 3.63) is 72.7 Å². The second kappa shape index (κ2) is 8.04. The fraction of sp³-hybridized carbons (Fsp3) is 0.238. The second-order valence-electron chi connectivity index (χ2n) is 6.80. The van der Waals surface area contributed by atoms with Gasteiger partial charge < -0.3 is 10.2 Å². The molecule has 0 saturated carbocycles. The molecule has 28 heavy (non-hydrogen) atoms. The van der Waals surface area contributed by atoms with E-state index in [0.29, 0.717) is 18.9 Å². The van der Waals surface area contributed by atoms with Crippen LogP contribution in [0, 0.1) is 5.92 Å². The number of aryl methyl sites for hydroxylation is 2. The lowest BCUT2D eigenvalue weighted by molar-refractivity contribution is -0.122. The molecule has 3 aromatic rings. The SMILES string of the molecule is O=C(Nc1ccn(CCc2ccncc2)n1)[C@@H]1CC(=O)N(c2ccccc2)C1. The molecule has 7 nitrogen and oxygen atoms in total. The Morgan fingerprint density at radius 3 is 2.68 bits per heavy atom. The van der Waals surface area contributed by atoms with Crippen LogP contribution >= 0.6 is 0 Å². The molecule has 1 atom stereocenters. The number of hydrogen-bond acceptors (Lipinski definition) is 4. The average Bonchev–Trinajstić information content (AvgIpc) is 3.34. The minimum atomic E-state index is -0.380. The summed E-state index contributed by atoms with van der Waals surface area (Å²) in [6.45, 7) is 1.10. The molecule has 1 saturated heterocycles. The fourth-order valence-electron chi connectivity index (χ4n) is 3.31. The Kier molecular flexibility index (Phi) is 5.14. The van der Waals surface area contributed by atoms with E-state index in [1.807, 2.05) is 48.7 Å². The Bertz CT molecular complexity index is 955. The topological polar surface area (TPSA) is 80.1 Å².